The smallest absolute Gasteiger partial charge is 0.119 e. The van der Waals surface area contributed by atoms with Crippen molar-refractivity contribution in [3.8, 4) is 5.75 Å². The maximum atomic E-state index is 5.72. The van der Waals surface area contributed by atoms with Crippen molar-refractivity contribution in [1.82, 2.24) is 5.32 Å². The average Bonchev–Trinajstić information content (AvgIpc) is 2.33. The molecule has 17 heavy (non-hydrogen) atoms. The molecular weight excluding hydrogens is 349 g/mol. The zero-order valence-electron chi connectivity index (χ0n) is 9.82. The second kappa shape index (κ2) is 8.16. The third kappa shape index (κ3) is 5.44. The number of hydrogen-bond donors (Lipinski definition) is 1. The first-order valence-electron chi connectivity index (χ1n) is 5.96. The van der Waals surface area contributed by atoms with E-state index in [-0.39, 0.29) is 12.4 Å². The number of hydrogen-bond acceptors (Lipinski definition) is 2. The van der Waals surface area contributed by atoms with Gasteiger partial charge in [0.1, 0.15) is 5.75 Å². The molecule has 0 amide bonds. The zero-order chi connectivity index (χ0) is 11.2. The summed E-state index contributed by atoms with van der Waals surface area (Å²) >= 11 is 2.30. The van der Waals surface area contributed by atoms with E-state index < -0.39 is 0 Å². The van der Waals surface area contributed by atoms with Gasteiger partial charge in [0.25, 0.3) is 0 Å². The minimum atomic E-state index is 0. The molecule has 96 valence electrons. The SMILES string of the molecule is Cl.Ic1ccc(OCCC2CCCCN2)cc1. The molecule has 2 rings (SSSR count). The average molecular weight is 368 g/mol. The van der Waals surface area contributed by atoms with Gasteiger partial charge >= 0.3 is 0 Å². The normalized spacial score (nSPS) is 19.5. The van der Waals surface area contributed by atoms with Gasteiger partial charge in [0, 0.05) is 9.61 Å². The van der Waals surface area contributed by atoms with Crippen LogP contribution >= 0.6 is 35.0 Å². The highest BCUT2D eigenvalue weighted by molar-refractivity contribution is 14.1. The van der Waals surface area contributed by atoms with Crippen LogP contribution in [0.3, 0.4) is 0 Å². The summed E-state index contributed by atoms with van der Waals surface area (Å²) < 4.78 is 6.97. The van der Waals surface area contributed by atoms with E-state index in [1.807, 2.05) is 12.1 Å². The van der Waals surface area contributed by atoms with Crippen molar-refractivity contribution in [3.05, 3.63) is 27.8 Å². The largest absolute Gasteiger partial charge is 0.494 e. The van der Waals surface area contributed by atoms with E-state index in [0.717, 1.165) is 18.8 Å². The summed E-state index contributed by atoms with van der Waals surface area (Å²) in [5.74, 6) is 0.983. The summed E-state index contributed by atoms with van der Waals surface area (Å²) in [6.07, 6.45) is 5.11. The predicted molar refractivity (Wildman–Crippen MR) is 82.2 cm³/mol. The first kappa shape index (κ1) is 15.1. The van der Waals surface area contributed by atoms with Crippen molar-refractivity contribution < 1.29 is 4.74 Å². The Balaban J connectivity index is 0.00000144. The van der Waals surface area contributed by atoms with Gasteiger partial charge in [0.15, 0.2) is 0 Å². The number of rotatable bonds is 4. The molecule has 0 saturated carbocycles. The molecule has 1 N–H and O–H groups in total. The molecule has 1 heterocycles. The van der Waals surface area contributed by atoms with E-state index in [1.54, 1.807) is 0 Å². The van der Waals surface area contributed by atoms with Gasteiger partial charge in [-0.1, -0.05) is 6.42 Å². The van der Waals surface area contributed by atoms with Crippen LogP contribution in [0, 0.1) is 3.57 Å². The number of benzene rings is 1. The fourth-order valence-electron chi connectivity index (χ4n) is 2.02. The number of halogens is 2. The molecule has 2 nitrogen and oxygen atoms in total. The zero-order valence-corrected chi connectivity index (χ0v) is 12.8. The van der Waals surface area contributed by atoms with Crippen molar-refractivity contribution in [3.63, 3.8) is 0 Å². The Morgan fingerprint density at radius 2 is 2.00 bits per heavy atom. The Bertz CT molecular complexity index is 312. The third-order valence-electron chi connectivity index (χ3n) is 2.96. The maximum absolute atomic E-state index is 5.72. The third-order valence-corrected chi connectivity index (χ3v) is 3.68. The lowest BCUT2D eigenvalue weighted by Gasteiger charge is -2.23. The van der Waals surface area contributed by atoms with E-state index in [4.69, 9.17) is 4.74 Å². The number of ether oxygens (including phenoxy) is 1. The fourth-order valence-corrected chi connectivity index (χ4v) is 2.38. The molecule has 0 aromatic heterocycles. The van der Waals surface area contributed by atoms with Crippen molar-refractivity contribution >= 4 is 35.0 Å². The minimum Gasteiger partial charge on any atom is -0.494 e. The summed E-state index contributed by atoms with van der Waals surface area (Å²) in [4.78, 5) is 0. The Morgan fingerprint density at radius 1 is 1.24 bits per heavy atom. The van der Waals surface area contributed by atoms with Crippen LogP contribution in [0.5, 0.6) is 5.75 Å². The lowest BCUT2D eigenvalue weighted by atomic mass is 10.0. The van der Waals surface area contributed by atoms with Crippen LogP contribution in [0.2, 0.25) is 0 Å². The van der Waals surface area contributed by atoms with Crippen LogP contribution in [0.1, 0.15) is 25.7 Å². The molecule has 1 aromatic carbocycles. The Labute approximate surface area is 123 Å². The fraction of sp³-hybridized carbons (Fsp3) is 0.538. The monoisotopic (exact) mass is 367 g/mol. The van der Waals surface area contributed by atoms with Crippen molar-refractivity contribution in [2.45, 2.75) is 31.7 Å². The summed E-state index contributed by atoms with van der Waals surface area (Å²) in [6, 6.07) is 8.90. The van der Waals surface area contributed by atoms with E-state index >= 15 is 0 Å². The molecule has 1 aromatic rings. The Morgan fingerprint density at radius 3 is 2.65 bits per heavy atom. The van der Waals surface area contributed by atoms with E-state index in [9.17, 15) is 0 Å². The van der Waals surface area contributed by atoms with Gasteiger partial charge in [-0.3, -0.25) is 0 Å². The standard InChI is InChI=1S/C13H18INO.ClH/c14-11-4-6-13(7-5-11)16-10-8-12-3-1-2-9-15-12;/h4-7,12,15H,1-3,8-10H2;1H. The second-order valence-electron chi connectivity index (χ2n) is 4.24. The van der Waals surface area contributed by atoms with Crippen LogP contribution in [-0.2, 0) is 0 Å². The molecule has 1 fully saturated rings. The first-order valence-corrected chi connectivity index (χ1v) is 7.04. The van der Waals surface area contributed by atoms with Gasteiger partial charge in [-0.05, 0) is 72.7 Å². The molecule has 1 saturated heterocycles. The van der Waals surface area contributed by atoms with Gasteiger partial charge in [-0.15, -0.1) is 12.4 Å². The van der Waals surface area contributed by atoms with Crippen molar-refractivity contribution in [1.29, 1.82) is 0 Å². The molecule has 1 aliphatic heterocycles. The van der Waals surface area contributed by atoms with Gasteiger partial charge in [0.2, 0.25) is 0 Å². The first-order chi connectivity index (χ1) is 7.84. The molecule has 0 bridgehead atoms. The van der Waals surface area contributed by atoms with Crippen LogP contribution in [0.25, 0.3) is 0 Å². The topological polar surface area (TPSA) is 21.3 Å². The molecule has 0 spiro atoms. The minimum absolute atomic E-state index is 0. The van der Waals surface area contributed by atoms with Gasteiger partial charge < -0.3 is 10.1 Å². The van der Waals surface area contributed by atoms with E-state index in [2.05, 4.69) is 40.0 Å². The van der Waals surface area contributed by atoms with Crippen LogP contribution in [0.15, 0.2) is 24.3 Å². The summed E-state index contributed by atoms with van der Waals surface area (Å²) in [6.45, 7) is 1.99. The summed E-state index contributed by atoms with van der Waals surface area (Å²) in [7, 11) is 0. The highest BCUT2D eigenvalue weighted by Crippen LogP contribution is 2.15. The second-order valence-corrected chi connectivity index (χ2v) is 5.48. The lowest BCUT2D eigenvalue weighted by molar-refractivity contribution is 0.268. The number of piperidine rings is 1. The highest BCUT2D eigenvalue weighted by Gasteiger charge is 2.11. The Kier molecular flexibility index (Phi) is 7.23. The molecule has 0 radical (unpaired) electrons. The lowest BCUT2D eigenvalue weighted by Crippen LogP contribution is -2.35. The number of nitrogens with one attached hydrogen (secondary N) is 1. The highest BCUT2D eigenvalue weighted by atomic mass is 127. The maximum Gasteiger partial charge on any atom is 0.119 e. The van der Waals surface area contributed by atoms with Crippen LogP contribution in [0.4, 0.5) is 0 Å². The van der Waals surface area contributed by atoms with Crippen molar-refractivity contribution in [2.75, 3.05) is 13.2 Å². The van der Waals surface area contributed by atoms with Crippen LogP contribution < -0.4 is 10.1 Å². The molecule has 1 aliphatic rings. The predicted octanol–water partition coefficient (Wildman–Crippen LogP) is 3.62. The van der Waals surface area contributed by atoms with Crippen LogP contribution in [-0.4, -0.2) is 19.2 Å². The summed E-state index contributed by atoms with van der Waals surface area (Å²) in [5.41, 5.74) is 0. The molecule has 4 heteroatoms. The van der Waals surface area contributed by atoms with Gasteiger partial charge in [-0.25, -0.2) is 0 Å². The molecule has 0 aliphatic carbocycles. The van der Waals surface area contributed by atoms with Gasteiger partial charge in [-0.2, -0.15) is 0 Å². The quantitative estimate of drug-likeness (QED) is 0.821. The Hall–Kier alpha value is 0. The molecule has 1 unspecified atom stereocenters. The van der Waals surface area contributed by atoms with Crippen molar-refractivity contribution in [2.24, 2.45) is 0 Å². The van der Waals surface area contributed by atoms with Gasteiger partial charge in [0.05, 0.1) is 6.61 Å². The van der Waals surface area contributed by atoms with E-state index in [0.29, 0.717) is 6.04 Å². The summed E-state index contributed by atoms with van der Waals surface area (Å²) in [5, 5.41) is 3.53. The van der Waals surface area contributed by atoms with E-state index in [1.165, 1.54) is 29.4 Å². The molecule has 1 atom stereocenters. The molecular formula is C13H19ClINO.